The number of hydrogen-bond donors (Lipinski definition) is 0. The first kappa shape index (κ1) is 28.8. The molecule has 2 aliphatic rings. The minimum atomic E-state index is -0.297. The van der Waals surface area contributed by atoms with Gasteiger partial charge in [-0.25, -0.2) is 0 Å². The van der Waals surface area contributed by atoms with Crippen molar-refractivity contribution < 1.29 is 18.9 Å². The molecular weight excluding hydrogens is 522 g/mol. The number of benzene rings is 4. The van der Waals surface area contributed by atoms with Crippen molar-refractivity contribution in [3.63, 3.8) is 0 Å². The van der Waals surface area contributed by atoms with Crippen LogP contribution in [-0.2, 0) is 45.3 Å². The molecule has 0 spiro atoms. The first-order valence-corrected chi connectivity index (χ1v) is 15.1. The van der Waals surface area contributed by atoms with E-state index >= 15 is 0 Å². The van der Waals surface area contributed by atoms with Gasteiger partial charge in [-0.05, 0) is 35.6 Å². The van der Waals surface area contributed by atoms with Gasteiger partial charge in [0.25, 0.3) is 0 Å². The summed E-state index contributed by atoms with van der Waals surface area (Å²) >= 11 is 0. The van der Waals surface area contributed by atoms with Gasteiger partial charge in [-0.3, -0.25) is 4.90 Å². The highest BCUT2D eigenvalue weighted by atomic mass is 16.6. The standard InChI is InChI=1S/C37H41NO4/c1-28-22-33-35(38(28)23-29-14-6-2-7-15-29)37(41-26-32-20-12-5-13-21-32)36(40-25-31-18-10-4-11-19-31)34(42-33)27-39-24-30-16-8-3-9-17-30/h2-21,28,33-37H,22-27H2,1H3. The van der Waals surface area contributed by atoms with Crippen molar-refractivity contribution in [3.05, 3.63) is 144 Å². The van der Waals surface area contributed by atoms with E-state index in [2.05, 4.69) is 103 Å². The second kappa shape index (κ2) is 14.2. The van der Waals surface area contributed by atoms with Crippen molar-refractivity contribution in [1.29, 1.82) is 0 Å². The highest BCUT2D eigenvalue weighted by molar-refractivity contribution is 5.18. The maximum atomic E-state index is 6.90. The molecule has 4 aromatic rings. The molecule has 0 aromatic heterocycles. The fourth-order valence-corrected chi connectivity index (χ4v) is 6.35. The SMILES string of the molecule is CC1CC2OC(COCc3ccccc3)C(OCc3ccccc3)C(OCc3ccccc3)C2N1Cc1ccccc1. The third kappa shape index (κ3) is 7.17. The lowest BCUT2D eigenvalue weighted by Gasteiger charge is -2.46. The summed E-state index contributed by atoms with van der Waals surface area (Å²) in [4.78, 5) is 2.57. The van der Waals surface area contributed by atoms with Crippen molar-refractivity contribution in [3.8, 4) is 0 Å². The molecule has 6 unspecified atom stereocenters. The quantitative estimate of drug-likeness (QED) is 0.190. The molecule has 0 bridgehead atoms. The Bertz CT molecular complexity index is 1340. The van der Waals surface area contributed by atoms with Crippen LogP contribution in [0.25, 0.3) is 0 Å². The van der Waals surface area contributed by atoms with Crippen molar-refractivity contribution in [2.45, 2.75) is 76.2 Å². The Labute approximate surface area is 250 Å². The average molecular weight is 564 g/mol. The molecule has 6 rings (SSSR count). The fourth-order valence-electron chi connectivity index (χ4n) is 6.35. The number of fused-ring (bicyclic) bond motifs is 1. The molecule has 0 amide bonds. The van der Waals surface area contributed by atoms with E-state index in [0.717, 1.165) is 29.7 Å². The molecule has 2 fully saturated rings. The van der Waals surface area contributed by atoms with E-state index in [4.69, 9.17) is 18.9 Å². The molecule has 0 aliphatic carbocycles. The molecule has 4 aromatic carbocycles. The number of nitrogens with zero attached hydrogens (tertiary/aromatic N) is 1. The van der Waals surface area contributed by atoms with E-state index in [1.165, 1.54) is 5.56 Å². The normalized spacial score (nSPS) is 25.7. The number of likely N-dealkylation sites (tertiary alicyclic amines) is 1. The topological polar surface area (TPSA) is 40.2 Å². The Morgan fingerprint density at radius 1 is 0.619 bits per heavy atom. The summed E-state index contributed by atoms with van der Waals surface area (Å²) in [7, 11) is 0. The summed E-state index contributed by atoms with van der Waals surface area (Å²) in [6.45, 7) is 5.13. The largest absolute Gasteiger partial charge is 0.374 e. The summed E-state index contributed by atoms with van der Waals surface area (Å²) in [6.07, 6.45) is 0.249. The van der Waals surface area contributed by atoms with Gasteiger partial charge in [0.2, 0.25) is 0 Å². The Kier molecular flexibility index (Phi) is 9.75. The first-order chi connectivity index (χ1) is 20.7. The van der Waals surface area contributed by atoms with E-state index < -0.39 is 0 Å². The number of rotatable bonds is 12. The van der Waals surface area contributed by atoms with Crippen LogP contribution in [-0.4, -0.2) is 48.0 Å². The van der Waals surface area contributed by atoms with E-state index in [9.17, 15) is 0 Å². The van der Waals surface area contributed by atoms with Crippen molar-refractivity contribution in [2.24, 2.45) is 0 Å². The van der Waals surface area contributed by atoms with Gasteiger partial charge in [0.15, 0.2) is 0 Å². The molecular formula is C37H41NO4. The minimum Gasteiger partial charge on any atom is -0.374 e. The van der Waals surface area contributed by atoms with Crippen molar-refractivity contribution in [1.82, 2.24) is 4.90 Å². The van der Waals surface area contributed by atoms with Gasteiger partial charge in [-0.2, -0.15) is 0 Å². The Morgan fingerprint density at radius 3 is 1.64 bits per heavy atom. The minimum absolute atomic E-state index is 0.0337. The molecule has 218 valence electrons. The summed E-state index contributed by atoms with van der Waals surface area (Å²) in [5, 5.41) is 0. The molecule has 6 atom stereocenters. The molecule has 42 heavy (non-hydrogen) atoms. The predicted octanol–water partition coefficient (Wildman–Crippen LogP) is 6.80. The molecule has 0 radical (unpaired) electrons. The fraction of sp³-hybridized carbons (Fsp3) is 0.351. The zero-order valence-electron chi connectivity index (χ0n) is 24.3. The highest BCUT2D eigenvalue weighted by Gasteiger charge is 2.54. The Hall–Kier alpha value is -3.32. The van der Waals surface area contributed by atoms with Crippen LogP contribution in [0.15, 0.2) is 121 Å². The number of ether oxygens (including phenoxy) is 4. The summed E-state index contributed by atoms with van der Waals surface area (Å²) < 4.78 is 26.8. The van der Waals surface area contributed by atoms with Gasteiger partial charge in [0, 0.05) is 12.6 Å². The second-order valence-electron chi connectivity index (χ2n) is 11.5. The van der Waals surface area contributed by atoms with E-state index in [0.29, 0.717) is 32.5 Å². The van der Waals surface area contributed by atoms with Crippen molar-refractivity contribution in [2.75, 3.05) is 6.61 Å². The van der Waals surface area contributed by atoms with E-state index in [1.807, 2.05) is 30.3 Å². The van der Waals surface area contributed by atoms with Crippen LogP contribution < -0.4 is 0 Å². The maximum absolute atomic E-state index is 6.90. The van der Waals surface area contributed by atoms with Crippen LogP contribution in [0.1, 0.15) is 35.6 Å². The molecule has 5 nitrogen and oxygen atoms in total. The lowest BCUT2D eigenvalue weighted by molar-refractivity contribution is -0.236. The lowest BCUT2D eigenvalue weighted by Crippen LogP contribution is -2.62. The van der Waals surface area contributed by atoms with Gasteiger partial charge in [-0.1, -0.05) is 121 Å². The monoisotopic (exact) mass is 563 g/mol. The molecule has 5 heteroatoms. The highest BCUT2D eigenvalue weighted by Crippen LogP contribution is 2.39. The van der Waals surface area contributed by atoms with Gasteiger partial charge in [0.05, 0.1) is 38.6 Å². The van der Waals surface area contributed by atoms with Gasteiger partial charge >= 0.3 is 0 Å². The molecule has 0 saturated carbocycles. The Balaban J connectivity index is 1.27. The van der Waals surface area contributed by atoms with Crippen LogP contribution in [0.5, 0.6) is 0 Å². The number of hydrogen-bond acceptors (Lipinski definition) is 5. The van der Waals surface area contributed by atoms with Crippen LogP contribution in [0.2, 0.25) is 0 Å². The zero-order chi connectivity index (χ0) is 28.6. The van der Waals surface area contributed by atoms with Crippen LogP contribution >= 0.6 is 0 Å². The van der Waals surface area contributed by atoms with Gasteiger partial charge in [-0.15, -0.1) is 0 Å². The maximum Gasteiger partial charge on any atom is 0.114 e. The van der Waals surface area contributed by atoms with E-state index in [-0.39, 0.29) is 30.5 Å². The van der Waals surface area contributed by atoms with Gasteiger partial charge in [0.1, 0.15) is 18.3 Å². The molecule has 2 aliphatic heterocycles. The van der Waals surface area contributed by atoms with Crippen LogP contribution in [0.4, 0.5) is 0 Å². The smallest absolute Gasteiger partial charge is 0.114 e. The first-order valence-electron chi connectivity index (χ1n) is 15.1. The summed E-state index contributed by atoms with van der Waals surface area (Å²) in [5.74, 6) is 0. The van der Waals surface area contributed by atoms with Gasteiger partial charge < -0.3 is 18.9 Å². The third-order valence-electron chi connectivity index (χ3n) is 8.45. The summed E-state index contributed by atoms with van der Waals surface area (Å²) in [6, 6.07) is 42.2. The van der Waals surface area contributed by atoms with E-state index in [1.54, 1.807) is 0 Å². The second-order valence-corrected chi connectivity index (χ2v) is 11.5. The van der Waals surface area contributed by atoms with Crippen LogP contribution in [0, 0.1) is 0 Å². The zero-order valence-corrected chi connectivity index (χ0v) is 24.3. The third-order valence-corrected chi connectivity index (χ3v) is 8.45. The predicted molar refractivity (Wildman–Crippen MR) is 165 cm³/mol. The molecule has 2 heterocycles. The average Bonchev–Trinajstić information content (AvgIpc) is 3.35. The Morgan fingerprint density at radius 2 is 1.10 bits per heavy atom. The lowest BCUT2D eigenvalue weighted by atomic mass is 9.92. The van der Waals surface area contributed by atoms with Crippen molar-refractivity contribution >= 4 is 0 Å². The van der Waals surface area contributed by atoms with Crippen LogP contribution in [0.3, 0.4) is 0 Å². The molecule has 2 saturated heterocycles. The summed E-state index contributed by atoms with van der Waals surface area (Å²) in [5.41, 5.74) is 4.72. The molecule has 0 N–H and O–H groups in total.